The number of ether oxygens (including phenoxy) is 1. The van der Waals surface area contributed by atoms with E-state index in [1.54, 1.807) is 7.11 Å². The first kappa shape index (κ1) is 14.7. The van der Waals surface area contributed by atoms with E-state index in [0.717, 1.165) is 17.2 Å². The molecule has 0 radical (unpaired) electrons. The highest BCUT2D eigenvalue weighted by atomic mass is 16.5. The van der Waals surface area contributed by atoms with Gasteiger partial charge in [-0.1, -0.05) is 20.8 Å². The van der Waals surface area contributed by atoms with Crippen molar-refractivity contribution in [2.24, 2.45) is 0 Å². The minimum Gasteiger partial charge on any atom is -0.383 e. The lowest BCUT2D eigenvalue weighted by atomic mass is 9.95. The molecule has 1 aromatic rings. The fourth-order valence-corrected chi connectivity index (χ4v) is 1.37. The summed E-state index contributed by atoms with van der Waals surface area (Å²) in [5, 5.41) is 3.26. The molecule has 1 rings (SSSR count). The van der Waals surface area contributed by atoms with Crippen LogP contribution in [-0.2, 0) is 10.2 Å². The molecule has 18 heavy (non-hydrogen) atoms. The Balaban J connectivity index is 3.00. The molecule has 0 fully saturated rings. The van der Waals surface area contributed by atoms with E-state index in [1.165, 1.54) is 0 Å². The van der Waals surface area contributed by atoms with E-state index in [9.17, 15) is 0 Å². The van der Waals surface area contributed by atoms with Gasteiger partial charge in [-0.05, 0) is 13.8 Å². The van der Waals surface area contributed by atoms with Crippen molar-refractivity contribution in [3.63, 3.8) is 0 Å². The van der Waals surface area contributed by atoms with Gasteiger partial charge in [-0.2, -0.15) is 0 Å². The van der Waals surface area contributed by atoms with Gasteiger partial charge in [0, 0.05) is 24.6 Å². The molecular formula is C13H24N4O. The van der Waals surface area contributed by atoms with Crippen LogP contribution < -0.4 is 11.1 Å². The molecule has 0 aliphatic rings. The Kier molecular flexibility index (Phi) is 4.51. The van der Waals surface area contributed by atoms with Gasteiger partial charge in [0.2, 0.25) is 0 Å². The van der Waals surface area contributed by atoms with Gasteiger partial charge in [-0.15, -0.1) is 0 Å². The summed E-state index contributed by atoms with van der Waals surface area (Å²) in [4.78, 5) is 8.90. The van der Waals surface area contributed by atoms with Crippen LogP contribution in [0.1, 0.15) is 39.1 Å². The van der Waals surface area contributed by atoms with Crippen LogP contribution in [0.25, 0.3) is 0 Å². The molecule has 0 aliphatic heterocycles. The second-order valence-electron chi connectivity index (χ2n) is 5.58. The molecular weight excluding hydrogens is 228 g/mol. The van der Waals surface area contributed by atoms with Crippen molar-refractivity contribution in [3.05, 3.63) is 11.4 Å². The average molecular weight is 252 g/mol. The van der Waals surface area contributed by atoms with E-state index < -0.39 is 0 Å². The molecule has 0 saturated heterocycles. The minimum absolute atomic E-state index is 0.120. The second-order valence-corrected chi connectivity index (χ2v) is 5.58. The molecule has 5 heteroatoms. The van der Waals surface area contributed by atoms with Crippen molar-refractivity contribution in [2.45, 2.75) is 46.1 Å². The minimum atomic E-state index is -0.120. The summed E-state index contributed by atoms with van der Waals surface area (Å²) < 4.78 is 5.20. The number of hydrogen-bond acceptors (Lipinski definition) is 5. The van der Waals surface area contributed by atoms with Gasteiger partial charge in [-0.25, -0.2) is 9.97 Å². The first-order valence-corrected chi connectivity index (χ1v) is 6.17. The Morgan fingerprint density at radius 3 is 2.44 bits per heavy atom. The highest BCUT2D eigenvalue weighted by Gasteiger charge is 2.20. The summed E-state index contributed by atoms with van der Waals surface area (Å²) in [6.07, 6.45) is 0.124. The summed E-state index contributed by atoms with van der Waals surface area (Å²) >= 11 is 0. The van der Waals surface area contributed by atoms with Gasteiger partial charge in [0.15, 0.2) is 0 Å². The molecule has 1 heterocycles. The maximum atomic E-state index is 5.93. The first-order valence-electron chi connectivity index (χ1n) is 6.17. The van der Waals surface area contributed by atoms with Crippen LogP contribution in [0.3, 0.4) is 0 Å². The smallest absolute Gasteiger partial charge is 0.138 e. The zero-order valence-corrected chi connectivity index (χ0v) is 12.2. The number of hydrogen-bond donors (Lipinski definition) is 2. The summed E-state index contributed by atoms with van der Waals surface area (Å²) in [5.41, 5.74) is 6.70. The maximum Gasteiger partial charge on any atom is 0.138 e. The van der Waals surface area contributed by atoms with Gasteiger partial charge in [0.05, 0.1) is 6.10 Å². The molecule has 0 amide bonds. The maximum absolute atomic E-state index is 5.93. The van der Waals surface area contributed by atoms with Crippen molar-refractivity contribution >= 4 is 11.6 Å². The number of nitrogens with one attached hydrogen (secondary N) is 1. The molecule has 0 aliphatic carbocycles. The number of nitrogen functional groups attached to an aromatic ring is 1. The molecule has 5 nitrogen and oxygen atoms in total. The summed E-state index contributed by atoms with van der Waals surface area (Å²) in [6.45, 7) is 10.8. The molecule has 0 aromatic carbocycles. The predicted molar refractivity (Wildman–Crippen MR) is 74.8 cm³/mol. The Morgan fingerprint density at radius 2 is 1.94 bits per heavy atom. The van der Waals surface area contributed by atoms with Gasteiger partial charge >= 0.3 is 0 Å². The van der Waals surface area contributed by atoms with Gasteiger partial charge in [0.25, 0.3) is 0 Å². The van der Waals surface area contributed by atoms with E-state index >= 15 is 0 Å². The molecule has 1 atom stereocenters. The average Bonchev–Trinajstić information content (AvgIpc) is 2.28. The van der Waals surface area contributed by atoms with E-state index in [1.807, 2.05) is 13.8 Å². The standard InChI is InChI=1S/C13H24N4O/c1-8(18-6)7-15-11-9(2)10(14)16-12(17-11)13(3,4)5/h8H,7H2,1-6H3,(H3,14,15,16,17). The van der Waals surface area contributed by atoms with Crippen LogP contribution in [0.2, 0.25) is 0 Å². The third-order valence-corrected chi connectivity index (χ3v) is 2.81. The number of anilines is 2. The quantitative estimate of drug-likeness (QED) is 0.858. The van der Waals surface area contributed by atoms with E-state index in [4.69, 9.17) is 10.5 Å². The SMILES string of the molecule is COC(C)CNc1nc(C(C)(C)C)nc(N)c1C. The monoisotopic (exact) mass is 252 g/mol. The van der Waals surface area contributed by atoms with Crippen LogP contribution >= 0.6 is 0 Å². The fourth-order valence-electron chi connectivity index (χ4n) is 1.37. The zero-order chi connectivity index (χ0) is 13.9. The summed E-state index contributed by atoms with van der Waals surface area (Å²) in [6, 6.07) is 0. The van der Waals surface area contributed by atoms with Crippen LogP contribution in [0, 0.1) is 6.92 Å². The molecule has 0 saturated carbocycles. The van der Waals surface area contributed by atoms with Gasteiger partial charge in [-0.3, -0.25) is 0 Å². The summed E-state index contributed by atoms with van der Waals surface area (Å²) in [5.74, 6) is 2.07. The first-order chi connectivity index (χ1) is 8.25. The highest BCUT2D eigenvalue weighted by Crippen LogP contribution is 2.24. The molecule has 102 valence electrons. The number of nitrogens with zero attached hydrogens (tertiary/aromatic N) is 2. The van der Waals surface area contributed by atoms with E-state index in [0.29, 0.717) is 12.4 Å². The molecule has 0 bridgehead atoms. The lowest BCUT2D eigenvalue weighted by Crippen LogP contribution is -2.23. The lowest BCUT2D eigenvalue weighted by Gasteiger charge is -2.20. The van der Waals surface area contributed by atoms with Crippen molar-refractivity contribution in [3.8, 4) is 0 Å². The van der Waals surface area contributed by atoms with Crippen molar-refractivity contribution in [2.75, 3.05) is 24.7 Å². The number of rotatable bonds is 4. The predicted octanol–water partition coefficient (Wildman–Crippen LogP) is 2.11. The number of nitrogens with two attached hydrogens (primary N) is 1. The van der Waals surface area contributed by atoms with Crippen molar-refractivity contribution in [1.82, 2.24) is 9.97 Å². The number of methoxy groups -OCH3 is 1. The Hall–Kier alpha value is -1.36. The molecule has 1 unspecified atom stereocenters. The van der Waals surface area contributed by atoms with Crippen LogP contribution in [-0.4, -0.2) is 29.7 Å². The number of aromatic nitrogens is 2. The second kappa shape index (κ2) is 5.52. The lowest BCUT2D eigenvalue weighted by molar-refractivity contribution is 0.128. The van der Waals surface area contributed by atoms with Gasteiger partial charge < -0.3 is 15.8 Å². The third-order valence-electron chi connectivity index (χ3n) is 2.81. The zero-order valence-electron chi connectivity index (χ0n) is 12.2. The Bertz CT molecular complexity index is 412. The topological polar surface area (TPSA) is 73.1 Å². The summed E-state index contributed by atoms with van der Waals surface area (Å²) in [7, 11) is 1.69. The highest BCUT2D eigenvalue weighted by molar-refractivity contribution is 5.55. The normalized spacial score (nSPS) is 13.4. The van der Waals surface area contributed by atoms with Crippen molar-refractivity contribution in [1.29, 1.82) is 0 Å². The largest absolute Gasteiger partial charge is 0.383 e. The Labute approximate surface area is 109 Å². The molecule has 1 aromatic heterocycles. The van der Waals surface area contributed by atoms with Crippen molar-refractivity contribution < 1.29 is 4.74 Å². The Morgan fingerprint density at radius 1 is 1.33 bits per heavy atom. The third kappa shape index (κ3) is 3.57. The van der Waals surface area contributed by atoms with Crippen LogP contribution in [0.15, 0.2) is 0 Å². The van der Waals surface area contributed by atoms with Crippen LogP contribution in [0.5, 0.6) is 0 Å². The van der Waals surface area contributed by atoms with Crippen LogP contribution in [0.4, 0.5) is 11.6 Å². The fraction of sp³-hybridized carbons (Fsp3) is 0.692. The van der Waals surface area contributed by atoms with E-state index in [-0.39, 0.29) is 11.5 Å². The van der Waals surface area contributed by atoms with E-state index in [2.05, 4.69) is 36.1 Å². The molecule has 3 N–H and O–H groups in total. The molecule has 0 spiro atoms. The van der Waals surface area contributed by atoms with Gasteiger partial charge in [0.1, 0.15) is 17.5 Å².